The molecule has 3 heterocycles. The van der Waals surface area contributed by atoms with Crippen LogP contribution in [0.3, 0.4) is 0 Å². The number of alkyl halides is 3. The molecule has 9 heteroatoms. The zero-order valence-electron chi connectivity index (χ0n) is 19.0. The molecule has 6 nitrogen and oxygen atoms in total. The van der Waals surface area contributed by atoms with Crippen molar-refractivity contribution in [1.82, 2.24) is 20.5 Å². The lowest BCUT2D eigenvalue weighted by Crippen LogP contribution is -2.43. The number of carbonyl (C=O) groups is 1. The summed E-state index contributed by atoms with van der Waals surface area (Å²) in [6.45, 7) is 4.10. The molecule has 34 heavy (non-hydrogen) atoms. The number of pyridine rings is 1. The van der Waals surface area contributed by atoms with E-state index in [4.69, 9.17) is 0 Å². The van der Waals surface area contributed by atoms with Gasteiger partial charge in [0.15, 0.2) is 0 Å². The number of rotatable bonds is 8. The fourth-order valence-electron chi connectivity index (χ4n) is 5.00. The van der Waals surface area contributed by atoms with Crippen LogP contribution in [-0.4, -0.2) is 66.2 Å². The van der Waals surface area contributed by atoms with E-state index in [-0.39, 0.29) is 0 Å². The van der Waals surface area contributed by atoms with Crippen molar-refractivity contribution < 1.29 is 23.1 Å². The maximum absolute atomic E-state index is 13.2. The van der Waals surface area contributed by atoms with E-state index < -0.39 is 31.2 Å². The Morgan fingerprint density at radius 3 is 2.44 bits per heavy atom. The first-order valence-electron chi connectivity index (χ1n) is 11.7. The molecule has 0 aliphatic carbocycles. The quantitative estimate of drug-likeness (QED) is 0.546. The smallest absolute Gasteiger partial charge is 0.315 e. The number of hydrogen-bond acceptors (Lipinski definition) is 5. The van der Waals surface area contributed by atoms with Crippen molar-refractivity contribution in [1.29, 1.82) is 0 Å². The van der Waals surface area contributed by atoms with Gasteiger partial charge in [-0.05, 0) is 61.5 Å². The van der Waals surface area contributed by atoms with E-state index in [0.29, 0.717) is 11.0 Å². The number of carbonyl (C=O) groups excluding carboxylic acids is 1. The Kier molecular flexibility index (Phi) is 7.85. The molecule has 1 amide bonds. The van der Waals surface area contributed by atoms with Gasteiger partial charge in [0.25, 0.3) is 5.91 Å². The van der Waals surface area contributed by atoms with Gasteiger partial charge in [0.1, 0.15) is 12.8 Å². The van der Waals surface area contributed by atoms with E-state index in [9.17, 15) is 23.1 Å². The van der Waals surface area contributed by atoms with Crippen molar-refractivity contribution in [2.45, 2.75) is 44.4 Å². The van der Waals surface area contributed by atoms with Crippen LogP contribution in [-0.2, 0) is 11.3 Å². The monoisotopic (exact) mass is 476 g/mol. The highest BCUT2D eigenvalue weighted by Gasteiger charge is 2.38. The molecule has 2 aromatic rings. The van der Waals surface area contributed by atoms with Gasteiger partial charge in [-0.15, -0.1) is 0 Å². The van der Waals surface area contributed by atoms with E-state index in [1.54, 1.807) is 24.3 Å². The van der Waals surface area contributed by atoms with E-state index in [0.717, 1.165) is 49.5 Å². The molecule has 0 bridgehead atoms. The van der Waals surface area contributed by atoms with Gasteiger partial charge < -0.3 is 15.7 Å². The third kappa shape index (κ3) is 5.76. The Labute approximate surface area is 197 Å². The van der Waals surface area contributed by atoms with Crippen LogP contribution < -0.4 is 10.6 Å². The van der Waals surface area contributed by atoms with E-state index in [1.165, 1.54) is 19.3 Å². The summed E-state index contributed by atoms with van der Waals surface area (Å²) in [6, 6.07) is 9.26. The van der Waals surface area contributed by atoms with Crippen LogP contribution >= 0.6 is 0 Å². The van der Waals surface area contributed by atoms with Crippen molar-refractivity contribution in [3.8, 4) is 11.1 Å². The van der Waals surface area contributed by atoms with Gasteiger partial charge in [0.2, 0.25) is 0 Å². The van der Waals surface area contributed by atoms with Crippen LogP contribution in [0.1, 0.15) is 36.6 Å². The summed E-state index contributed by atoms with van der Waals surface area (Å²) in [5.41, 5.74) is 3.56. The van der Waals surface area contributed by atoms with E-state index in [2.05, 4.69) is 15.2 Å². The number of halogens is 3. The summed E-state index contributed by atoms with van der Waals surface area (Å²) < 4.78 is 38.1. The summed E-state index contributed by atoms with van der Waals surface area (Å²) >= 11 is 0. The Hall–Kier alpha value is -2.49. The second-order valence-electron chi connectivity index (χ2n) is 9.39. The number of likely N-dealkylation sites (tertiary alicyclic amines) is 1. The predicted molar refractivity (Wildman–Crippen MR) is 123 cm³/mol. The topological polar surface area (TPSA) is 77.5 Å². The van der Waals surface area contributed by atoms with Crippen molar-refractivity contribution in [2.24, 2.45) is 5.41 Å². The summed E-state index contributed by atoms with van der Waals surface area (Å²) in [6.07, 6.45) is 0.835. The molecule has 2 fully saturated rings. The average Bonchev–Trinajstić information content (AvgIpc) is 3.24. The molecular weight excluding hydrogens is 445 g/mol. The predicted octanol–water partition coefficient (Wildman–Crippen LogP) is 3.08. The van der Waals surface area contributed by atoms with Gasteiger partial charge in [0.05, 0.1) is 11.7 Å². The summed E-state index contributed by atoms with van der Waals surface area (Å²) in [5, 5.41) is 15.6. The average molecular weight is 477 g/mol. The number of amides is 1. The zero-order valence-corrected chi connectivity index (χ0v) is 19.0. The lowest BCUT2D eigenvalue weighted by atomic mass is 9.78. The van der Waals surface area contributed by atoms with Crippen molar-refractivity contribution in [2.75, 3.05) is 32.9 Å². The molecule has 0 unspecified atom stereocenters. The van der Waals surface area contributed by atoms with Gasteiger partial charge in [-0.2, -0.15) is 8.78 Å². The summed E-state index contributed by atoms with van der Waals surface area (Å²) in [7, 11) is 0. The highest BCUT2D eigenvalue weighted by Crippen LogP contribution is 2.39. The van der Waals surface area contributed by atoms with Gasteiger partial charge in [-0.25, -0.2) is 4.39 Å². The maximum atomic E-state index is 13.2. The third-order valence-corrected chi connectivity index (χ3v) is 7.05. The minimum atomic E-state index is -3.27. The van der Waals surface area contributed by atoms with E-state index in [1.807, 2.05) is 23.6 Å². The molecule has 1 aromatic carbocycles. The molecule has 1 spiro atoms. The van der Waals surface area contributed by atoms with Gasteiger partial charge in [-0.3, -0.25) is 14.7 Å². The minimum absolute atomic E-state index is 0.325. The minimum Gasteiger partial charge on any atom is -0.386 e. The Morgan fingerprint density at radius 1 is 1.12 bits per heavy atom. The van der Waals surface area contributed by atoms with Crippen molar-refractivity contribution in [3.63, 3.8) is 0 Å². The van der Waals surface area contributed by atoms with Crippen molar-refractivity contribution in [3.05, 3.63) is 53.9 Å². The Balaban J connectivity index is 1.35. The van der Waals surface area contributed by atoms with Gasteiger partial charge in [-0.1, -0.05) is 30.3 Å². The summed E-state index contributed by atoms with van der Waals surface area (Å²) in [5.74, 6) is -1.61. The van der Waals surface area contributed by atoms with Crippen LogP contribution in [0.25, 0.3) is 11.1 Å². The largest absolute Gasteiger partial charge is 0.386 e. The number of hydrogen-bond donors (Lipinski definition) is 3. The lowest BCUT2D eigenvalue weighted by molar-refractivity contribution is -0.133. The lowest BCUT2D eigenvalue weighted by Gasteiger charge is -2.33. The Morgan fingerprint density at radius 2 is 1.82 bits per heavy atom. The van der Waals surface area contributed by atoms with Crippen LogP contribution in [0.15, 0.2) is 42.6 Å². The SMILES string of the molecule is O=C(N[C@H](CF)[C@H](O)c1ccc(-c2ccc(CN3CCC4(CCNCC4)C3)nc2)cc1)C(F)F. The van der Waals surface area contributed by atoms with E-state index >= 15 is 0 Å². The molecular formula is C25H31F3N4O2. The standard InChI is InChI=1S/C25H31F3N4O2/c26-13-21(31-24(34)23(27)28)22(33)18-3-1-17(2-4-18)19-5-6-20(30-14-19)15-32-12-9-25(16-32)7-10-29-11-8-25/h1-6,14,21-23,29,33H,7-13,15-16H2,(H,31,34)/t21-,22-/m1/s1. The number of piperidine rings is 1. The fraction of sp³-hybridized carbons (Fsp3) is 0.520. The molecule has 3 N–H and O–H groups in total. The highest BCUT2D eigenvalue weighted by atomic mass is 19.3. The normalized spacial score (nSPS) is 19.9. The first kappa shape index (κ1) is 24.6. The number of aromatic nitrogens is 1. The zero-order chi connectivity index (χ0) is 24.1. The molecule has 1 aromatic heterocycles. The molecule has 2 atom stereocenters. The van der Waals surface area contributed by atoms with Crippen LogP contribution in [0, 0.1) is 5.41 Å². The first-order chi connectivity index (χ1) is 16.4. The Bertz CT molecular complexity index is 950. The molecule has 2 saturated heterocycles. The van der Waals surface area contributed by atoms with Crippen LogP contribution in [0.2, 0.25) is 0 Å². The molecule has 2 aliphatic heterocycles. The number of aliphatic hydroxyl groups excluding tert-OH is 1. The van der Waals surface area contributed by atoms with Gasteiger partial charge >= 0.3 is 6.43 Å². The van der Waals surface area contributed by atoms with Gasteiger partial charge in [0, 0.05) is 24.8 Å². The highest BCUT2D eigenvalue weighted by molar-refractivity contribution is 5.79. The third-order valence-electron chi connectivity index (χ3n) is 7.05. The van der Waals surface area contributed by atoms with Crippen LogP contribution in [0.4, 0.5) is 13.2 Å². The maximum Gasteiger partial charge on any atom is 0.315 e. The molecule has 0 saturated carbocycles. The second kappa shape index (κ2) is 10.8. The first-order valence-corrected chi connectivity index (χ1v) is 11.7. The fourth-order valence-corrected chi connectivity index (χ4v) is 5.00. The van der Waals surface area contributed by atoms with Crippen LogP contribution in [0.5, 0.6) is 0 Å². The molecule has 184 valence electrons. The molecule has 4 rings (SSSR count). The number of aliphatic hydroxyl groups is 1. The number of nitrogens with one attached hydrogen (secondary N) is 2. The molecule has 0 radical (unpaired) electrons. The van der Waals surface area contributed by atoms with Crippen molar-refractivity contribution >= 4 is 5.91 Å². The number of nitrogens with zero attached hydrogens (tertiary/aromatic N) is 2. The number of benzene rings is 1. The molecule has 2 aliphatic rings. The summed E-state index contributed by atoms with van der Waals surface area (Å²) in [4.78, 5) is 18.3. The second-order valence-corrected chi connectivity index (χ2v) is 9.39.